The fourth-order valence-electron chi connectivity index (χ4n) is 2.85. The summed E-state index contributed by atoms with van der Waals surface area (Å²) in [5, 5.41) is 3.30. The van der Waals surface area contributed by atoms with E-state index in [2.05, 4.69) is 42.4 Å². The lowest BCUT2D eigenvalue weighted by Gasteiger charge is -2.19. The molecule has 2 aromatic rings. The Morgan fingerprint density at radius 3 is 2.43 bits per heavy atom. The van der Waals surface area contributed by atoms with E-state index in [0.29, 0.717) is 23.0 Å². The maximum absolute atomic E-state index is 5.61. The predicted molar refractivity (Wildman–Crippen MR) is 117 cm³/mol. The lowest BCUT2D eigenvalue weighted by molar-refractivity contribution is 0.157. The van der Waals surface area contributed by atoms with E-state index in [4.69, 9.17) is 32.9 Å². The van der Waals surface area contributed by atoms with Gasteiger partial charge < -0.3 is 19.5 Å². The summed E-state index contributed by atoms with van der Waals surface area (Å²) >= 11 is 5.55. The lowest BCUT2D eigenvalue weighted by Crippen LogP contribution is -2.30. The number of methoxy groups -OCH3 is 2. The number of rotatable bonds is 10. The SMILES string of the molecule is C#CCOc1ccc(CCNC(=S)C(OC)c2ccc(CC)cc2)cc1OC. The molecule has 0 aliphatic rings. The van der Waals surface area contributed by atoms with Gasteiger partial charge in [-0.1, -0.05) is 55.4 Å². The molecule has 0 saturated heterocycles. The number of nitrogens with one attached hydrogen (secondary N) is 1. The van der Waals surface area contributed by atoms with Gasteiger partial charge >= 0.3 is 0 Å². The summed E-state index contributed by atoms with van der Waals surface area (Å²) in [5.41, 5.74) is 3.46. The van der Waals surface area contributed by atoms with Crippen molar-refractivity contribution in [2.75, 3.05) is 27.4 Å². The zero-order valence-corrected chi connectivity index (χ0v) is 17.5. The van der Waals surface area contributed by atoms with Gasteiger partial charge in [-0.15, -0.1) is 6.42 Å². The van der Waals surface area contributed by atoms with Crippen LogP contribution in [0.1, 0.15) is 29.7 Å². The molecular weight excluding hydrogens is 370 g/mol. The molecule has 0 saturated carbocycles. The summed E-state index contributed by atoms with van der Waals surface area (Å²) in [7, 11) is 3.29. The van der Waals surface area contributed by atoms with Gasteiger partial charge in [0.05, 0.1) is 7.11 Å². The molecule has 0 aliphatic carbocycles. The van der Waals surface area contributed by atoms with E-state index >= 15 is 0 Å². The van der Waals surface area contributed by atoms with Crippen LogP contribution in [0.15, 0.2) is 42.5 Å². The van der Waals surface area contributed by atoms with E-state index in [1.165, 1.54) is 5.56 Å². The first kappa shape index (κ1) is 21.7. The fourth-order valence-corrected chi connectivity index (χ4v) is 3.19. The number of aryl methyl sites for hydroxylation is 1. The molecule has 0 amide bonds. The highest BCUT2D eigenvalue weighted by atomic mass is 32.1. The normalized spacial score (nSPS) is 11.4. The molecule has 2 rings (SSSR count). The van der Waals surface area contributed by atoms with Crippen molar-refractivity contribution in [1.29, 1.82) is 0 Å². The molecule has 1 N–H and O–H groups in total. The quantitative estimate of drug-likeness (QED) is 0.482. The second kappa shape index (κ2) is 11.3. The first-order chi connectivity index (χ1) is 13.6. The molecule has 0 aromatic heterocycles. The van der Waals surface area contributed by atoms with Crippen LogP contribution in [0.2, 0.25) is 0 Å². The van der Waals surface area contributed by atoms with Crippen molar-refractivity contribution >= 4 is 17.2 Å². The second-order valence-electron chi connectivity index (χ2n) is 6.23. The van der Waals surface area contributed by atoms with Crippen LogP contribution in [0.25, 0.3) is 0 Å². The second-order valence-corrected chi connectivity index (χ2v) is 6.67. The Balaban J connectivity index is 1.93. The van der Waals surface area contributed by atoms with Gasteiger partial charge in [0.25, 0.3) is 0 Å². The highest BCUT2D eigenvalue weighted by Gasteiger charge is 2.16. The molecule has 0 heterocycles. The minimum absolute atomic E-state index is 0.211. The van der Waals surface area contributed by atoms with Crippen LogP contribution in [0.3, 0.4) is 0 Å². The van der Waals surface area contributed by atoms with E-state index in [9.17, 15) is 0 Å². The van der Waals surface area contributed by atoms with Crippen molar-refractivity contribution in [1.82, 2.24) is 5.32 Å². The van der Waals surface area contributed by atoms with Crippen molar-refractivity contribution in [2.45, 2.75) is 25.9 Å². The number of benzene rings is 2. The summed E-state index contributed by atoms with van der Waals surface area (Å²) in [5.74, 6) is 3.76. The van der Waals surface area contributed by atoms with Gasteiger partial charge in [0.2, 0.25) is 0 Å². The van der Waals surface area contributed by atoms with Crippen LogP contribution in [-0.4, -0.2) is 32.4 Å². The third-order valence-electron chi connectivity index (χ3n) is 4.42. The molecule has 148 valence electrons. The molecule has 5 heteroatoms. The van der Waals surface area contributed by atoms with Crippen LogP contribution in [-0.2, 0) is 17.6 Å². The van der Waals surface area contributed by atoms with Gasteiger partial charge in [-0.05, 0) is 41.7 Å². The molecule has 0 aliphatic heterocycles. The zero-order chi connectivity index (χ0) is 20.4. The number of ether oxygens (including phenoxy) is 3. The van der Waals surface area contributed by atoms with Gasteiger partial charge in [-0.25, -0.2) is 0 Å². The Morgan fingerprint density at radius 1 is 1.11 bits per heavy atom. The molecule has 0 radical (unpaired) electrons. The first-order valence-corrected chi connectivity index (χ1v) is 9.66. The molecule has 1 unspecified atom stereocenters. The minimum atomic E-state index is -0.255. The van der Waals surface area contributed by atoms with E-state index in [-0.39, 0.29) is 12.7 Å². The third-order valence-corrected chi connectivity index (χ3v) is 4.77. The van der Waals surface area contributed by atoms with Crippen LogP contribution in [0.5, 0.6) is 11.5 Å². The van der Waals surface area contributed by atoms with Gasteiger partial charge in [-0.2, -0.15) is 0 Å². The van der Waals surface area contributed by atoms with E-state index in [1.807, 2.05) is 18.2 Å². The Kier molecular flexibility index (Phi) is 8.80. The highest BCUT2D eigenvalue weighted by molar-refractivity contribution is 7.80. The van der Waals surface area contributed by atoms with E-state index in [1.54, 1.807) is 14.2 Å². The van der Waals surface area contributed by atoms with E-state index < -0.39 is 0 Å². The molecule has 2 aromatic carbocycles. The monoisotopic (exact) mass is 397 g/mol. The molecule has 0 fully saturated rings. The van der Waals surface area contributed by atoms with Crippen molar-refractivity contribution in [3.63, 3.8) is 0 Å². The Bertz CT molecular complexity index is 812. The minimum Gasteiger partial charge on any atom is -0.493 e. The molecule has 28 heavy (non-hydrogen) atoms. The molecular formula is C23H27NO3S. The summed E-state index contributed by atoms with van der Waals surface area (Å²) in [6.07, 6.45) is 6.78. The van der Waals surface area contributed by atoms with Crippen molar-refractivity contribution in [3.05, 3.63) is 59.2 Å². The van der Waals surface area contributed by atoms with Gasteiger partial charge in [-0.3, -0.25) is 0 Å². The number of hydrogen-bond acceptors (Lipinski definition) is 4. The van der Waals surface area contributed by atoms with Crippen LogP contribution in [0, 0.1) is 12.3 Å². The van der Waals surface area contributed by atoms with Gasteiger partial charge in [0.15, 0.2) is 11.5 Å². The Hall–Kier alpha value is -2.55. The first-order valence-electron chi connectivity index (χ1n) is 9.25. The topological polar surface area (TPSA) is 39.7 Å². The summed E-state index contributed by atoms with van der Waals surface area (Å²) in [4.78, 5) is 0.674. The Morgan fingerprint density at radius 2 is 1.82 bits per heavy atom. The number of terminal acetylenes is 1. The average molecular weight is 398 g/mol. The van der Waals surface area contributed by atoms with Crippen molar-refractivity contribution in [2.24, 2.45) is 0 Å². The smallest absolute Gasteiger partial charge is 0.162 e. The van der Waals surface area contributed by atoms with Crippen LogP contribution >= 0.6 is 12.2 Å². The third kappa shape index (κ3) is 5.98. The Labute approximate surface area is 173 Å². The standard InChI is InChI=1S/C23H27NO3S/c1-5-15-27-20-12-9-18(16-21(20)25-3)13-14-24-23(28)22(26-4)19-10-7-17(6-2)8-11-19/h1,7-12,16,22H,6,13-15H2,2-4H3,(H,24,28). The van der Waals surface area contributed by atoms with Gasteiger partial charge in [0.1, 0.15) is 17.7 Å². The molecule has 4 nitrogen and oxygen atoms in total. The van der Waals surface area contributed by atoms with E-state index in [0.717, 1.165) is 24.0 Å². The largest absolute Gasteiger partial charge is 0.493 e. The van der Waals surface area contributed by atoms with Gasteiger partial charge in [0, 0.05) is 13.7 Å². The van der Waals surface area contributed by atoms with Crippen LogP contribution < -0.4 is 14.8 Å². The predicted octanol–water partition coefficient (Wildman–Crippen LogP) is 4.12. The lowest BCUT2D eigenvalue weighted by atomic mass is 10.1. The molecule has 0 spiro atoms. The summed E-state index contributed by atoms with van der Waals surface area (Å²) in [6.45, 7) is 3.04. The molecule has 0 bridgehead atoms. The van der Waals surface area contributed by atoms with Crippen molar-refractivity contribution < 1.29 is 14.2 Å². The summed E-state index contributed by atoms with van der Waals surface area (Å²) < 4.78 is 16.5. The molecule has 1 atom stereocenters. The number of hydrogen-bond donors (Lipinski definition) is 1. The maximum atomic E-state index is 5.61. The van der Waals surface area contributed by atoms with Crippen molar-refractivity contribution in [3.8, 4) is 23.8 Å². The zero-order valence-electron chi connectivity index (χ0n) is 16.7. The average Bonchev–Trinajstić information content (AvgIpc) is 2.73. The summed E-state index contributed by atoms with van der Waals surface area (Å²) in [6, 6.07) is 14.2. The maximum Gasteiger partial charge on any atom is 0.162 e. The fraction of sp³-hybridized carbons (Fsp3) is 0.348. The highest BCUT2D eigenvalue weighted by Crippen LogP contribution is 2.28. The van der Waals surface area contributed by atoms with Crippen LogP contribution in [0.4, 0.5) is 0 Å². The number of thiocarbonyl (C=S) groups is 1.